The molecule has 10 heteroatoms. The van der Waals surface area contributed by atoms with Gasteiger partial charge in [0.2, 0.25) is 5.91 Å². The smallest absolute Gasteiger partial charge is 0.416 e. The quantitative estimate of drug-likeness (QED) is 0.509. The Morgan fingerprint density at radius 3 is 2.41 bits per heavy atom. The van der Waals surface area contributed by atoms with E-state index in [-0.39, 0.29) is 5.69 Å². The second kappa shape index (κ2) is 9.26. The van der Waals surface area contributed by atoms with Crippen molar-refractivity contribution in [1.82, 2.24) is 5.32 Å². The fraction of sp³-hybridized carbons (Fsp3) is 0.316. The van der Waals surface area contributed by atoms with Gasteiger partial charge in [0.1, 0.15) is 17.5 Å². The first kappa shape index (κ1) is 22.0. The molecule has 0 aromatic heterocycles. The monoisotopic (exact) mass is 411 g/mol. The minimum Gasteiger partial charge on any atom is -0.497 e. The average molecular weight is 411 g/mol. The molecule has 0 heterocycles. The van der Waals surface area contributed by atoms with Crippen LogP contribution in [0.1, 0.15) is 18.1 Å². The van der Waals surface area contributed by atoms with Gasteiger partial charge in [-0.3, -0.25) is 14.9 Å². The lowest BCUT2D eigenvalue weighted by molar-refractivity contribution is -0.384. The second-order valence-electron chi connectivity index (χ2n) is 6.24. The number of benzene rings is 2. The molecule has 0 fully saturated rings. The Bertz CT molecular complexity index is 870. The molecule has 0 unspecified atom stereocenters. The lowest BCUT2D eigenvalue weighted by Crippen LogP contribution is -2.38. The highest BCUT2D eigenvalue weighted by atomic mass is 19.4. The summed E-state index contributed by atoms with van der Waals surface area (Å²) in [6, 6.07) is 8.54. The van der Waals surface area contributed by atoms with Crippen LogP contribution in [-0.4, -0.2) is 30.5 Å². The number of methoxy groups -OCH3 is 1. The normalized spacial score (nSPS) is 12.2. The van der Waals surface area contributed by atoms with Gasteiger partial charge in [0, 0.05) is 12.6 Å². The molecule has 2 aromatic carbocycles. The minimum absolute atomic E-state index is 0.166. The summed E-state index contributed by atoms with van der Waals surface area (Å²) in [5.74, 6) is 0.279. The number of hydrogen-bond acceptors (Lipinski definition) is 5. The number of nitro groups is 1. The van der Waals surface area contributed by atoms with E-state index in [0.29, 0.717) is 24.8 Å². The van der Waals surface area contributed by atoms with Gasteiger partial charge in [-0.2, -0.15) is 13.2 Å². The van der Waals surface area contributed by atoms with Crippen molar-refractivity contribution in [1.29, 1.82) is 0 Å². The summed E-state index contributed by atoms with van der Waals surface area (Å²) in [4.78, 5) is 22.4. The highest BCUT2D eigenvalue weighted by molar-refractivity contribution is 5.85. The van der Waals surface area contributed by atoms with Gasteiger partial charge in [0.15, 0.2) is 0 Å². The third-order valence-corrected chi connectivity index (χ3v) is 4.16. The maximum absolute atomic E-state index is 12.8. The fourth-order valence-electron chi connectivity index (χ4n) is 2.56. The van der Waals surface area contributed by atoms with Crippen LogP contribution in [-0.2, 0) is 17.4 Å². The molecule has 0 radical (unpaired) electrons. The van der Waals surface area contributed by atoms with Gasteiger partial charge in [0.25, 0.3) is 5.69 Å². The van der Waals surface area contributed by atoms with E-state index in [9.17, 15) is 28.1 Å². The molecule has 2 aromatic rings. The summed E-state index contributed by atoms with van der Waals surface area (Å²) < 4.78 is 43.3. The highest BCUT2D eigenvalue weighted by Crippen LogP contribution is 2.35. The van der Waals surface area contributed by atoms with Crippen molar-refractivity contribution in [2.75, 3.05) is 19.0 Å². The van der Waals surface area contributed by atoms with Gasteiger partial charge in [-0.25, -0.2) is 0 Å². The molecule has 2 N–H and O–H groups in total. The van der Waals surface area contributed by atoms with Crippen molar-refractivity contribution in [3.63, 3.8) is 0 Å². The number of carbonyl (C=O) groups excluding carboxylic acids is 1. The number of amides is 1. The molecule has 0 spiro atoms. The Balaban J connectivity index is 1.96. The van der Waals surface area contributed by atoms with Crippen molar-refractivity contribution in [3.05, 3.63) is 63.7 Å². The molecular formula is C19H20F3N3O4. The van der Waals surface area contributed by atoms with Crippen molar-refractivity contribution in [2.45, 2.75) is 25.6 Å². The molecule has 0 bridgehead atoms. The topological polar surface area (TPSA) is 93.5 Å². The van der Waals surface area contributed by atoms with Crippen molar-refractivity contribution in [2.24, 2.45) is 0 Å². The summed E-state index contributed by atoms with van der Waals surface area (Å²) >= 11 is 0. The lowest BCUT2D eigenvalue weighted by atomic mass is 10.1. The minimum atomic E-state index is -4.70. The number of carbonyl (C=O) groups is 1. The number of nitro benzene ring substituents is 1. The second-order valence-corrected chi connectivity index (χ2v) is 6.24. The van der Waals surface area contributed by atoms with Crippen LogP contribution in [0.3, 0.4) is 0 Å². The Kier molecular flexibility index (Phi) is 7.03. The maximum Gasteiger partial charge on any atom is 0.416 e. The molecule has 1 amide bonds. The number of alkyl halides is 3. The number of nitrogens with zero attached hydrogens (tertiary/aromatic N) is 1. The largest absolute Gasteiger partial charge is 0.497 e. The SMILES string of the molecule is COc1ccc(CCNC(=O)[C@H](C)Nc2ccc(C(F)(F)F)cc2[N+](=O)[O-])cc1. The molecular weight excluding hydrogens is 391 g/mol. The van der Waals surface area contributed by atoms with Crippen LogP contribution >= 0.6 is 0 Å². The summed E-state index contributed by atoms with van der Waals surface area (Å²) in [6.07, 6.45) is -4.14. The van der Waals surface area contributed by atoms with E-state index in [1.54, 1.807) is 19.2 Å². The van der Waals surface area contributed by atoms with Crippen LogP contribution in [0.25, 0.3) is 0 Å². The zero-order valence-electron chi connectivity index (χ0n) is 15.7. The first-order chi connectivity index (χ1) is 13.6. The molecule has 1 atom stereocenters. The lowest BCUT2D eigenvalue weighted by Gasteiger charge is -2.16. The average Bonchev–Trinajstić information content (AvgIpc) is 2.67. The fourth-order valence-corrected chi connectivity index (χ4v) is 2.56. The van der Waals surface area contributed by atoms with Gasteiger partial charge < -0.3 is 15.4 Å². The van der Waals surface area contributed by atoms with E-state index in [1.807, 2.05) is 12.1 Å². The molecule has 0 aliphatic rings. The van der Waals surface area contributed by atoms with E-state index in [4.69, 9.17) is 4.74 Å². The molecule has 7 nitrogen and oxygen atoms in total. The first-order valence-electron chi connectivity index (χ1n) is 8.64. The number of hydrogen-bond donors (Lipinski definition) is 2. The Morgan fingerprint density at radius 2 is 1.86 bits per heavy atom. The summed E-state index contributed by atoms with van der Waals surface area (Å²) in [5.41, 5.74) is -1.07. The molecule has 0 aliphatic heterocycles. The van der Waals surface area contributed by atoms with E-state index < -0.39 is 34.3 Å². The van der Waals surface area contributed by atoms with E-state index in [2.05, 4.69) is 10.6 Å². The van der Waals surface area contributed by atoms with Crippen LogP contribution in [0.2, 0.25) is 0 Å². The predicted octanol–water partition coefficient (Wildman–Crippen LogP) is 3.78. The maximum atomic E-state index is 12.8. The van der Waals surface area contributed by atoms with E-state index >= 15 is 0 Å². The van der Waals surface area contributed by atoms with Gasteiger partial charge in [-0.1, -0.05) is 12.1 Å². The Hall–Kier alpha value is -3.30. The Morgan fingerprint density at radius 1 is 1.21 bits per heavy atom. The van der Waals surface area contributed by atoms with Crippen LogP contribution in [0.15, 0.2) is 42.5 Å². The van der Waals surface area contributed by atoms with E-state index in [1.165, 1.54) is 6.92 Å². The van der Waals surface area contributed by atoms with Gasteiger partial charge in [-0.15, -0.1) is 0 Å². The van der Waals surface area contributed by atoms with Crippen molar-refractivity contribution >= 4 is 17.3 Å². The molecule has 0 aliphatic carbocycles. The number of ether oxygens (including phenoxy) is 1. The van der Waals surface area contributed by atoms with Gasteiger partial charge in [0.05, 0.1) is 17.6 Å². The third kappa shape index (κ3) is 6.09. The van der Waals surface area contributed by atoms with Crippen LogP contribution in [0.5, 0.6) is 5.75 Å². The number of nitrogens with one attached hydrogen (secondary N) is 2. The van der Waals surface area contributed by atoms with Crippen LogP contribution in [0, 0.1) is 10.1 Å². The number of rotatable bonds is 8. The molecule has 156 valence electrons. The zero-order valence-corrected chi connectivity index (χ0v) is 15.7. The van der Waals surface area contributed by atoms with E-state index in [0.717, 1.165) is 17.7 Å². The van der Waals surface area contributed by atoms with Crippen molar-refractivity contribution < 1.29 is 27.6 Å². The van der Waals surface area contributed by atoms with Crippen LogP contribution < -0.4 is 15.4 Å². The van der Waals surface area contributed by atoms with Gasteiger partial charge in [-0.05, 0) is 43.2 Å². The van der Waals surface area contributed by atoms with Crippen molar-refractivity contribution in [3.8, 4) is 5.75 Å². The van der Waals surface area contributed by atoms with Crippen LogP contribution in [0.4, 0.5) is 24.5 Å². The third-order valence-electron chi connectivity index (χ3n) is 4.16. The Labute approximate surface area is 165 Å². The zero-order chi connectivity index (χ0) is 21.6. The standard InChI is InChI=1S/C19H20F3N3O4/c1-12(18(26)23-10-9-13-3-6-15(29-2)7-4-13)24-16-8-5-14(19(20,21)22)11-17(16)25(27)28/h3-8,11-12,24H,9-10H2,1-2H3,(H,23,26)/t12-/m0/s1. The molecule has 0 saturated carbocycles. The summed E-state index contributed by atoms with van der Waals surface area (Å²) in [6.45, 7) is 1.79. The molecule has 2 rings (SSSR count). The highest BCUT2D eigenvalue weighted by Gasteiger charge is 2.33. The summed E-state index contributed by atoms with van der Waals surface area (Å²) in [5, 5.41) is 16.4. The molecule has 0 saturated heterocycles. The van der Waals surface area contributed by atoms with Gasteiger partial charge >= 0.3 is 6.18 Å². The summed E-state index contributed by atoms with van der Waals surface area (Å²) in [7, 11) is 1.56. The molecule has 29 heavy (non-hydrogen) atoms. The number of anilines is 1. The number of halogens is 3. The first-order valence-corrected chi connectivity index (χ1v) is 8.64. The predicted molar refractivity (Wildman–Crippen MR) is 101 cm³/mol.